The molecule has 15 heavy (non-hydrogen) atoms. The van der Waals surface area contributed by atoms with Gasteiger partial charge in [0.05, 0.1) is 0 Å². The molecule has 1 atom stereocenters. The Labute approximate surface area is 90.7 Å². The van der Waals surface area contributed by atoms with Crippen LogP contribution in [0.5, 0.6) is 0 Å². The lowest BCUT2D eigenvalue weighted by Gasteiger charge is -2.32. The normalized spacial score (nSPS) is 21.9. The molecule has 0 spiro atoms. The van der Waals surface area contributed by atoms with Crippen LogP contribution in [-0.2, 0) is 5.41 Å². The first-order valence-corrected chi connectivity index (χ1v) is 5.60. The Morgan fingerprint density at radius 1 is 1.40 bits per heavy atom. The first-order chi connectivity index (χ1) is 7.10. The third-order valence-electron chi connectivity index (χ3n) is 3.50. The fourth-order valence-corrected chi connectivity index (χ4v) is 2.39. The molecule has 0 aromatic heterocycles. The van der Waals surface area contributed by atoms with Crippen LogP contribution in [0.4, 0.5) is 4.39 Å². The molecule has 0 amide bonds. The van der Waals surface area contributed by atoms with Crippen molar-refractivity contribution in [2.45, 2.75) is 38.1 Å². The van der Waals surface area contributed by atoms with Crippen LogP contribution in [0.3, 0.4) is 0 Å². The zero-order valence-electron chi connectivity index (χ0n) is 9.39. The molecule has 1 aliphatic heterocycles. The average Bonchev–Trinajstić information content (AvgIpc) is 2.71. The van der Waals surface area contributed by atoms with Crippen LogP contribution in [0.15, 0.2) is 24.3 Å². The van der Waals surface area contributed by atoms with Crippen LogP contribution >= 0.6 is 0 Å². The summed E-state index contributed by atoms with van der Waals surface area (Å²) < 4.78 is 13.2. The Morgan fingerprint density at radius 2 is 2.20 bits per heavy atom. The van der Waals surface area contributed by atoms with Gasteiger partial charge < -0.3 is 5.32 Å². The number of hydrogen-bond acceptors (Lipinski definition) is 1. The maximum atomic E-state index is 13.2. The molecule has 1 aromatic carbocycles. The van der Waals surface area contributed by atoms with Gasteiger partial charge in [-0.2, -0.15) is 0 Å². The van der Waals surface area contributed by atoms with E-state index in [0.717, 1.165) is 12.1 Å². The predicted octanol–water partition coefficient (Wildman–Crippen LogP) is 2.86. The van der Waals surface area contributed by atoms with Gasteiger partial charge >= 0.3 is 0 Å². The lowest BCUT2D eigenvalue weighted by molar-refractivity contribution is 0.375. The van der Waals surface area contributed by atoms with Gasteiger partial charge in [0.2, 0.25) is 0 Å². The van der Waals surface area contributed by atoms with E-state index in [1.807, 2.05) is 6.07 Å². The molecule has 1 aliphatic rings. The second-order valence-electron chi connectivity index (χ2n) is 4.88. The monoisotopic (exact) mass is 207 g/mol. The highest BCUT2D eigenvalue weighted by molar-refractivity contribution is 5.27. The van der Waals surface area contributed by atoms with Crippen molar-refractivity contribution in [2.75, 3.05) is 6.54 Å². The molecule has 0 aliphatic carbocycles. The molecule has 1 unspecified atom stereocenters. The maximum absolute atomic E-state index is 13.2. The fraction of sp³-hybridized carbons (Fsp3) is 0.538. The Morgan fingerprint density at radius 3 is 2.80 bits per heavy atom. The highest BCUT2D eigenvalue weighted by Gasteiger charge is 2.33. The third kappa shape index (κ3) is 2.05. The van der Waals surface area contributed by atoms with Crippen LogP contribution in [0.1, 0.15) is 32.3 Å². The molecule has 1 saturated heterocycles. The van der Waals surface area contributed by atoms with Crippen molar-refractivity contribution in [1.29, 1.82) is 0 Å². The number of nitrogens with one attached hydrogen (secondary N) is 1. The Bertz CT molecular complexity index is 340. The molecular formula is C13H18FN. The summed E-state index contributed by atoms with van der Waals surface area (Å²) in [6.07, 6.45) is 2.41. The zero-order chi connectivity index (χ0) is 10.9. The third-order valence-corrected chi connectivity index (χ3v) is 3.50. The van der Waals surface area contributed by atoms with E-state index >= 15 is 0 Å². The number of halogens is 1. The lowest BCUT2D eigenvalue weighted by atomic mass is 9.77. The largest absolute Gasteiger partial charge is 0.313 e. The Balaban J connectivity index is 2.27. The van der Waals surface area contributed by atoms with Gasteiger partial charge in [-0.25, -0.2) is 4.39 Å². The van der Waals surface area contributed by atoms with Crippen molar-refractivity contribution >= 4 is 0 Å². The highest BCUT2D eigenvalue weighted by Crippen LogP contribution is 2.31. The first kappa shape index (κ1) is 10.6. The van der Waals surface area contributed by atoms with Gasteiger partial charge in [-0.1, -0.05) is 26.0 Å². The summed E-state index contributed by atoms with van der Waals surface area (Å²) in [6.45, 7) is 5.46. The van der Waals surface area contributed by atoms with Crippen LogP contribution < -0.4 is 5.32 Å². The van der Waals surface area contributed by atoms with E-state index in [9.17, 15) is 4.39 Å². The molecule has 82 valence electrons. The first-order valence-electron chi connectivity index (χ1n) is 5.60. The molecule has 2 heteroatoms. The van der Waals surface area contributed by atoms with Crippen molar-refractivity contribution < 1.29 is 4.39 Å². The Kier molecular flexibility index (Phi) is 2.79. The molecule has 1 aromatic rings. The molecule has 1 heterocycles. The van der Waals surface area contributed by atoms with Gasteiger partial charge in [-0.05, 0) is 37.1 Å². The molecule has 1 N–H and O–H groups in total. The van der Waals surface area contributed by atoms with Crippen molar-refractivity contribution in [3.8, 4) is 0 Å². The fourth-order valence-electron chi connectivity index (χ4n) is 2.39. The second kappa shape index (κ2) is 3.93. The summed E-state index contributed by atoms with van der Waals surface area (Å²) in [7, 11) is 0. The minimum atomic E-state index is -0.140. The summed E-state index contributed by atoms with van der Waals surface area (Å²) in [5.74, 6) is -0.140. The number of rotatable bonds is 2. The van der Waals surface area contributed by atoms with Crippen molar-refractivity contribution in [3.05, 3.63) is 35.6 Å². The van der Waals surface area contributed by atoms with E-state index in [4.69, 9.17) is 0 Å². The summed E-state index contributed by atoms with van der Waals surface area (Å²) in [4.78, 5) is 0. The zero-order valence-corrected chi connectivity index (χ0v) is 9.39. The topological polar surface area (TPSA) is 12.0 Å². The summed E-state index contributed by atoms with van der Waals surface area (Å²) in [6, 6.07) is 7.44. The molecule has 2 rings (SSSR count). The summed E-state index contributed by atoms with van der Waals surface area (Å²) in [5.41, 5.74) is 1.10. The van der Waals surface area contributed by atoms with Crippen molar-refractivity contribution in [3.63, 3.8) is 0 Å². The van der Waals surface area contributed by atoms with Crippen LogP contribution in [0, 0.1) is 5.82 Å². The van der Waals surface area contributed by atoms with E-state index in [0.29, 0.717) is 6.04 Å². The minimum absolute atomic E-state index is 0.0125. The second-order valence-corrected chi connectivity index (χ2v) is 4.88. The smallest absolute Gasteiger partial charge is 0.123 e. The van der Waals surface area contributed by atoms with E-state index in [2.05, 4.69) is 19.2 Å². The predicted molar refractivity (Wildman–Crippen MR) is 60.5 cm³/mol. The average molecular weight is 207 g/mol. The highest BCUT2D eigenvalue weighted by atomic mass is 19.1. The summed E-state index contributed by atoms with van der Waals surface area (Å²) >= 11 is 0. The van der Waals surface area contributed by atoms with Gasteiger partial charge in [0.25, 0.3) is 0 Å². The quantitative estimate of drug-likeness (QED) is 0.786. The van der Waals surface area contributed by atoms with Gasteiger partial charge in [-0.3, -0.25) is 0 Å². The minimum Gasteiger partial charge on any atom is -0.313 e. The standard InChI is InChI=1S/C13H18FN/c1-13(2,12-7-4-8-15-12)10-5-3-6-11(14)9-10/h3,5-6,9,12,15H,4,7-8H2,1-2H3. The van der Waals surface area contributed by atoms with Crippen LogP contribution in [-0.4, -0.2) is 12.6 Å². The van der Waals surface area contributed by atoms with Crippen molar-refractivity contribution in [1.82, 2.24) is 5.32 Å². The Hall–Kier alpha value is -0.890. The van der Waals surface area contributed by atoms with E-state index < -0.39 is 0 Å². The maximum Gasteiger partial charge on any atom is 0.123 e. The molecule has 1 nitrogen and oxygen atoms in total. The van der Waals surface area contributed by atoms with E-state index in [-0.39, 0.29) is 11.2 Å². The molecule has 1 fully saturated rings. The van der Waals surface area contributed by atoms with E-state index in [1.165, 1.54) is 18.9 Å². The molecular weight excluding hydrogens is 189 g/mol. The van der Waals surface area contributed by atoms with E-state index in [1.54, 1.807) is 12.1 Å². The lowest BCUT2D eigenvalue weighted by Crippen LogP contribution is -2.40. The number of hydrogen-bond donors (Lipinski definition) is 1. The van der Waals surface area contributed by atoms with Gasteiger partial charge in [-0.15, -0.1) is 0 Å². The SMILES string of the molecule is CC(C)(c1cccc(F)c1)C1CCCN1. The van der Waals surface area contributed by atoms with Gasteiger partial charge in [0, 0.05) is 11.5 Å². The van der Waals surface area contributed by atoms with Crippen molar-refractivity contribution in [2.24, 2.45) is 0 Å². The van der Waals surface area contributed by atoms with Gasteiger partial charge in [0.15, 0.2) is 0 Å². The van der Waals surface area contributed by atoms with Crippen LogP contribution in [0.2, 0.25) is 0 Å². The molecule has 0 radical (unpaired) electrons. The summed E-state index contributed by atoms with van der Waals surface area (Å²) in [5, 5.41) is 3.49. The van der Waals surface area contributed by atoms with Gasteiger partial charge in [0.1, 0.15) is 5.82 Å². The van der Waals surface area contributed by atoms with Crippen LogP contribution in [0.25, 0.3) is 0 Å². The molecule has 0 saturated carbocycles. The molecule has 0 bridgehead atoms. The number of benzene rings is 1.